The minimum absolute atomic E-state index is 1.06. The summed E-state index contributed by atoms with van der Waals surface area (Å²) in [6.07, 6.45) is 5.04. The highest BCUT2D eigenvalue weighted by atomic mass is 13.8. The standard InChI is InChI=1S/C7H11B/c1-3-7(4-2)5-6-8/h3,5-6H,4H2,1-2H3/b6-5-,7-3-. The van der Waals surface area contributed by atoms with E-state index in [2.05, 4.69) is 13.0 Å². The lowest BCUT2D eigenvalue weighted by atomic mass is 10.1. The number of rotatable bonds is 2. The van der Waals surface area contributed by atoms with Gasteiger partial charge in [0.05, 0.1) is 0 Å². The first kappa shape index (κ1) is 7.54. The molecule has 0 amide bonds. The van der Waals surface area contributed by atoms with Gasteiger partial charge in [-0.05, 0) is 13.3 Å². The lowest BCUT2D eigenvalue weighted by Crippen LogP contribution is -1.70. The van der Waals surface area contributed by atoms with Crippen molar-refractivity contribution in [3.8, 4) is 0 Å². The van der Waals surface area contributed by atoms with Crippen molar-refractivity contribution in [1.29, 1.82) is 0 Å². The molecule has 2 radical (unpaired) electrons. The fourth-order valence-corrected chi connectivity index (χ4v) is 0.542. The SMILES string of the molecule is [B]/C=C\C(=C/C)CC. The lowest BCUT2D eigenvalue weighted by molar-refractivity contribution is 1.14. The van der Waals surface area contributed by atoms with Crippen LogP contribution in [0.2, 0.25) is 0 Å². The molecule has 8 heavy (non-hydrogen) atoms. The minimum Gasteiger partial charge on any atom is -0.131 e. The van der Waals surface area contributed by atoms with Gasteiger partial charge in [-0.2, -0.15) is 0 Å². The summed E-state index contributed by atoms with van der Waals surface area (Å²) in [5.41, 5.74) is 1.28. The van der Waals surface area contributed by atoms with Gasteiger partial charge in [0.15, 0.2) is 0 Å². The van der Waals surface area contributed by atoms with Crippen LogP contribution in [-0.2, 0) is 0 Å². The Morgan fingerprint density at radius 2 is 2.25 bits per heavy atom. The molecule has 0 saturated heterocycles. The average Bonchev–Trinajstić information content (AvgIpc) is 1.83. The summed E-state index contributed by atoms with van der Waals surface area (Å²) in [5, 5.41) is 0. The molecule has 0 fully saturated rings. The van der Waals surface area contributed by atoms with Crippen molar-refractivity contribution in [3.05, 3.63) is 23.7 Å². The molecule has 0 aliphatic carbocycles. The largest absolute Gasteiger partial charge is 0.131 e. The number of allylic oxidation sites excluding steroid dienone is 3. The van der Waals surface area contributed by atoms with E-state index in [1.165, 1.54) is 5.57 Å². The zero-order valence-corrected chi connectivity index (χ0v) is 5.52. The second-order valence-electron chi connectivity index (χ2n) is 1.58. The van der Waals surface area contributed by atoms with Gasteiger partial charge in [-0.25, -0.2) is 0 Å². The molecule has 0 aromatic rings. The molecule has 0 aliphatic heterocycles. The maximum Gasteiger partial charge on any atom is 0.102 e. The van der Waals surface area contributed by atoms with Gasteiger partial charge in [0.1, 0.15) is 7.85 Å². The molecule has 0 aliphatic rings. The fourth-order valence-electron chi connectivity index (χ4n) is 0.542. The van der Waals surface area contributed by atoms with Crippen molar-refractivity contribution >= 4 is 7.85 Å². The maximum absolute atomic E-state index is 5.16. The van der Waals surface area contributed by atoms with E-state index in [0.717, 1.165) is 6.42 Å². The third kappa shape index (κ3) is 2.67. The molecule has 0 spiro atoms. The van der Waals surface area contributed by atoms with Crippen molar-refractivity contribution < 1.29 is 0 Å². The first-order valence-electron chi connectivity index (χ1n) is 2.88. The average molecular weight is 106 g/mol. The summed E-state index contributed by atoms with van der Waals surface area (Å²) >= 11 is 0. The summed E-state index contributed by atoms with van der Waals surface area (Å²) in [4.78, 5) is 0. The molecule has 42 valence electrons. The van der Waals surface area contributed by atoms with Crippen molar-refractivity contribution in [2.75, 3.05) is 0 Å². The van der Waals surface area contributed by atoms with E-state index in [0.29, 0.717) is 0 Å². The van der Waals surface area contributed by atoms with E-state index < -0.39 is 0 Å². The van der Waals surface area contributed by atoms with Gasteiger partial charge in [-0.15, -0.1) is 5.98 Å². The molecule has 0 aromatic carbocycles. The topological polar surface area (TPSA) is 0 Å². The smallest absolute Gasteiger partial charge is 0.102 e. The Morgan fingerprint density at radius 1 is 1.62 bits per heavy atom. The second-order valence-corrected chi connectivity index (χ2v) is 1.58. The Bertz CT molecular complexity index is 98.2. The van der Waals surface area contributed by atoms with E-state index in [1.807, 2.05) is 13.0 Å². The Hall–Kier alpha value is -0.455. The highest BCUT2D eigenvalue weighted by molar-refractivity contribution is 6.17. The molecule has 0 N–H and O–H groups in total. The minimum atomic E-state index is 1.06. The van der Waals surface area contributed by atoms with Crippen LogP contribution < -0.4 is 0 Å². The Morgan fingerprint density at radius 3 is 2.38 bits per heavy atom. The summed E-state index contributed by atoms with van der Waals surface area (Å²) in [6.45, 7) is 4.12. The third-order valence-corrected chi connectivity index (χ3v) is 1.09. The van der Waals surface area contributed by atoms with Gasteiger partial charge in [0, 0.05) is 0 Å². The highest BCUT2D eigenvalue weighted by Gasteiger charge is 1.79. The molecule has 0 atom stereocenters. The molecule has 0 rings (SSSR count). The van der Waals surface area contributed by atoms with Crippen molar-refractivity contribution in [2.24, 2.45) is 0 Å². The Kier molecular flexibility index (Phi) is 4.43. The van der Waals surface area contributed by atoms with Crippen LogP contribution in [0.1, 0.15) is 20.3 Å². The normalized spacial score (nSPS) is 13.0. The van der Waals surface area contributed by atoms with Crippen LogP contribution in [0.25, 0.3) is 0 Å². The van der Waals surface area contributed by atoms with Gasteiger partial charge < -0.3 is 0 Å². The van der Waals surface area contributed by atoms with Gasteiger partial charge in [-0.1, -0.05) is 24.6 Å². The number of hydrogen-bond donors (Lipinski definition) is 0. The van der Waals surface area contributed by atoms with E-state index in [-0.39, 0.29) is 0 Å². The first-order chi connectivity index (χ1) is 3.85. The van der Waals surface area contributed by atoms with Crippen LogP contribution in [0.4, 0.5) is 0 Å². The van der Waals surface area contributed by atoms with Crippen molar-refractivity contribution in [2.45, 2.75) is 20.3 Å². The van der Waals surface area contributed by atoms with E-state index in [1.54, 1.807) is 5.98 Å². The van der Waals surface area contributed by atoms with E-state index in [9.17, 15) is 0 Å². The van der Waals surface area contributed by atoms with Gasteiger partial charge >= 0.3 is 0 Å². The van der Waals surface area contributed by atoms with E-state index >= 15 is 0 Å². The van der Waals surface area contributed by atoms with Crippen molar-refractivity contribution in [3.63, 3.8) is 0 Å². The summed E-state index contributed by atoms with van der Waals surface area (Å²) < 4.78 is 0. The molecule has 1 heteroatoms. The first-order valence-corrected chi connectivity index (χ1v) is 2.88. The van der Waals surface area contributed by atoms with Gasteiger partial charge in [-0.3, -0.25) is 0 Å². The van der Waals surface area contributed by atoms with E-state index in [4.69, 9.17) is 7.85 Å². The van der Waals surface area contributed by atoms with Crippen LogP contribution in [-0.4, -0.2) is 7.85 Å². The molecule has 0 nitrogen and oxygen atoms in total. The molecule has 0 bridgehead atoms. The third-order valence-electron chi connectivity index (χ3n) is 1.09. The molecule has 0 heterocycles. The van der Waals surface area contributed by atoms with Crippen LogP contribution >= 0.6 is 0 Å². The summed E-state index contributed by atoms with van der Waals surface area (Å²) in [7, 11) is 5.16. The zero-order chi connectivity index (χ0) is 6.41. The molecule has 0 aromatic heterocycles. The van der Waals surface area contributed by atoms with Crippen LogP contribution in [0, 0.1) is 0 Å². The van der Waals surface area contributed by atoms with Crippen molar-refractivity contribution in [1.82, 2.24) is 0 Å². The highest BCUT2D eigenvalue weighted by Crippen LogP contribution is 1.99. The lowest BCUT2D eigenvalue weighted by Gasteiger charge is -1.90. The second kappa shape index (κ2) is 4.70. The molecule has 0 unspecified atom stereocenters. The van der Waals surface area contributed by atoms with Gasteiger partial charge in [0.2, 0.25) is 0 Å². The monoisotopic (exact) mass is 106 g/mol. The molecular formula is C7H11B. The maximum atomic E-state index is 5.16. The fraction of sp³-hybridized carbons (Fsp3) is 0.429. The van der Waals surface area contributed by atoms with Crippen LogP contribution in [0.5, 0.6) is 0 Å². The quantitative estimate of drug-likeness (QED) is 0.373. The molecular weight excluding hydrogens is 94.9 g/mol. The Balaban J connectivity index is 3.72. The zero-order valence-electron chi connectivity index (χ0n) is 5.52. The van der Waals surface area contributed by atoms with Crippen LogP contribution in [0.3, 0.4) is 0 Å². The Labute approximate surface area is 52.7 Å². The summed E-state index contributed by atoms with van der Waals surface area (Å²) in [5.74, 6) is 1.57. The predicted octanol–water partition coefficient (Wildman–Crippen LogP) is 2.02. The van der Waals surface area contributed by atoms with Crippen LogP contribution in [0.15, 0.2) is 23.7 Å². The number of hydrogen-bond acceptors (Lipinski definition) is 0. The predicted molar refractivity (Wildman–Crippen MR) is 38.9 cm³/mol. The molecule has 0 saturated carbocycles. The summed E-state index contributed by atoms with van der Waals surface area (Å²) in [6, 6.07) is 0. The van der Waals surface area contributed by atoms with Gasteiger partial charge in [0.25, 0.3) is 0 Å².